The number of ether oxygens (including phenoxy) is 1. The molecular formula is C22H16F6N6O3S. The topological polar surface area (TPSA) is 121 Å². The van der Waals surface area contributed by atoms with E-state index in [1.54, 1.807) is 0 Å². The van der Waals surface area contributed by atoms with Crippen LogP contribution in [0.15, 0.2) is 16.7 Å². The zero-order chi connectivity index (χ0) is 28.2. The molecule has 0 bridgehead atoms. The molecule has 0 aliphatic heterocycles. The predicted molar refractivity (Wildman–Crippen MR) is 118 cm³/mol. The van der Waals surface area contributed by atoms with E-state index in [2.05, 4.69) is 21.1 Å². The summed E-state index contributed by atoms with van der Waals surface area (Å²) in [7, 11) is 2.74. The van der Waals surface area contributed by atoms with Crippen molar-refractivity contribution in [3.63, 3.8) is 0 Å². The van der Waals surface area contributed by atoms with Gasteiger partial charge >= 0.3 is 12.3 Å². The summed E-state index contributed by atoms with van der Waals surface area (Å²) in [5, 5.41) is 26.3. The van der Waals surface area contributed by atoms with Crippen molar-refractivity contribution in [2.75, 3.05) is 7.05 Å². The molecule has 0 spiro atoms. The lowest BCUT2D eigenvalue weighted by Gasteiger charge is -2.22. The first-order valence-corrected chi connectivity index (χ1v) is 11.5. The van der Waals surface area contributed by atoms with E-state index in [1.807, 2.05) is 6.07 Å². The van der Waals surface area contributed by atoms with Crippen LogP contribution in [-0.2, 0) is 7.05 Å². The first kappa shape index (κ1) is 27.0. The number of carbonyl (C=O) groups is 1. The fraction of sp³-hybridized carbons (Fsp3) is 0.409. The summed E-state index contributed by atoms with van der Waals surface area (Å²) < 4.78 is 88.4. The number of nitriles is 2. The molecule has 1 atom stereocenters. The molecule has 1 amide bonds. The third kappa shape index (κ3) is 4.56. The Hall–Kier alpha value is -4.05. The van der Waals surface area contributed by atoms with Gasteiger partial charge in [-0.1, -0.05) is 5.16 Å². The highest BCUT2D eigenvalue weighted by Gasteiger charge is 2.60. The van der Waals surface area contributed by atoms with E-state index < -0.39 is 35.8 Å². The Balaban J connectivity index is 1.63. The Labute approximate surface area is 214 Å². The fourth-order valence-corrected chi connectivity index (χ4v) is 4.60. The molecule has 1 aliphatic rings. The SMILES string of the molecule is Cc1c(OC(F)(F)C(F)C(F)(F)F)nn(C)c1-c1cc(-c2cc(C(=O)N(C)C3(C#N)CC3)c(C#N)s2)on1. The van der Waals surface area contributed by atoms with Crippen LogP contribution in [0.3, 0.4) is 0 Å². The van der Waals surface area contributed by atoms with Gasteiger partial charge in [-0.3, -0.25) is 9.48 Å². The lowest BCUT2D eigenvalue weighted by atomic mass is 10.1. The van der Waals surface area contributed by atoms with Crippen molar-refractivity contribution in [1.29, 1.82) is 10.5 Å². The fourth-order valence-electron chi connectivity index (χ4n) is 3.70. The molecule has 1 saturated carbocycles. The highest BCUT2D eigenvalue weighted by atomic mass is 32.1. The van der Waals surface area contributed by atoms with E-state index in [9.17, 15) is 41.7 Å². The third-order valence-electron chi connectivity index (χ3n) is 5.99. The van der Waals surface area contributed by atoms with E-state index in [0.29, 0.717) is 17.7 Å². The van der Waals surface area contributed by atoms with E-state index >= 15 is 0 Å². The Bertz CT molecular complexity index is 1490. The Morgan fingerprint density at radius 1 is 1.29 bits per heavy atom. The average Bonchev–Trinajstić information content (AvgIpc) is 3.16. The van der Waals surface area contributed by atoms with E-state index in [4.69, 9.17) is 4.52 Å². The van der Waals surface area contributed by atoms with Gasteiger partial charge in [0.25, 0.3) is 12.1 Å². The van der Waals surface area contributed by atoms with Crippen LogP contribution in [0.2, 0.25) is 0 Å². The van der Waals surface area contributed by atoms with Gasteiger partial charge in [0.2, 0.25) is 5.88 Å². The van der Waals surface area contributed by atoms with Crippen molar-refractivity contribution in [2.24, 2.45) is 7.05 Å². The van der Waals surface area contributed by atoms with Crippen molar-refractivity contribution in [3.05, 3.63) is 28.1 Å². The average molecular weight is 558 g/mol. The number of nitrogens with zero attached hydrogens (tertiary/aromatic N) is 6. The van der Waals surface area contributed by atoms with Gasteiger partial charge in [-0.2, -0.15) is 32.5 Å². The Kier molecular flexibility index (Phi) is 6.43. The maximum Gasteiger partial charge on any atom is 0.440 e. The van der Waals surface area contributed by atoms with Crippen molar-refractivity contribution < 1.29 is 40.4 Å². The molecule has 3 aromatic rings. The number of thiophene rings is 1. The molecule has 0 aromatic carbocycles. The van der Waals surface area contributed by atoms with E-state index in [0.717, 1.165) is 16.0 Å². The number of aryl methyl sites for hydroxylation is 1. The molecule has 1 aliphatic carbocycles. The second-order valence-corrected chi connectivity index (χ2v) is 9.57. The maximum absolute atomic E-state index is 13.8. The van der Waals surface area contributed by atoms with E-state index in [-0.39, 0.29) is 33.2 Å². The van der Waals surface area contributed by atoms with Gasteiger partial charge in [0, 0.05) is 25.7 Å². The van der Waals surface area contributed by atoms with Gasteiger partial charge in [-0.15, -0.1) is 16.4 Å². The van der Waals surface area contributed by atoms with Gasteiger partial charge < -0.3 is 14.2 Å². The lowest BCUT2D eigenvalue weighted by molar-refractivity contribution is -0.305. The number of hydrogen-bond acceptors (Lipinski definition) is 8. The van der Waals surface area contributed by atoms with Crippen LogP contribution in [0.1, 0.15) is 33.6 Å². The molecule has 0 radical (unpaired) electrons. The molecule has 16 heteroatoms. The maximum atomic E-state index is 13.8. The summed E-state index contributed by atoms with van der Waals surface area (Å²) in [5.41, 5.74) is -1.01. The molecule has 4 rings (SSSR count). The predicted octanol–water partition coefficient (Wildman–Crippen LogP) is 4.98. The molecule has 0 N–H and O–H groups in total. The molecule has 9 nitrogen and oxygen atoms in total. The normalized spacial score (nSPS) is 15.4. The van der Waals surface area contributed by atoms with Crippen molar-refractivity contribution in [2.45, 2.75) is 43.8 Å². The molecule has 0 saturated heterocycles. The number of rotatable bonds is 7. The summed E-state index contributed by atoms with van der Waals surface area (Å²) in [6.07, 6.45) is -14.7. The monoisotopic (exact) mass is 558 g/mol. The highest BCUT2D eigenvalue weighted by Crippen LogP contribution is 2.43. The van der Waals surface area contributed by atoms with Crippen LogP contribution < -0.4 is 4.74 Å². The summed E-state index contributed by atoms with van der Waals surface area (Å²) in [6, 6.07) is 6.75. The summed E-state index contributed by atoms with van der Waals surface area (Å²) in [4.78, 5) is 14.6. The summed E-state index contributed by atoms with van der Waals surface area (Å²) in [6.45, 7) is 1.21. The van der Waals surface area contributed by atoms with Gasteiger partial charge in [-0.05, 0) is 25.8 Å². The second kappa shape index (κ2) is 9.05. The Morgan fingerprint density at radius 3 is 2.50 bits per heavy atom. The number of alkyl halides is 6. The smallest absolute Gasteiger partial charge is 0.410 e. The van der Waals surface area contributed by atoms with Crippen LogP contribution in [-0.4, -0.2) is 56.8 Å². The molecule has 3 aromatic heterocycles. The number of amides is 1. The van der Waals surface area contributed by atoms with Crippen LogP contribution in [0.25, 0.3) is 22.0 Å². The zero-order valence-electron chi connectivity index (χ0n) is 19.7. The molecule has 1 unspecified atom stereocenters. The highest BCUT2D eigenvalue weighted by molar-refractivity contribution is 7.16. The minimum Gasteiger partial charge on any atom is -0.410 e. The van der Waals surface area contributed by atoms with Crippen LogP contribution in [0.4, 0.5) is 26.3 Å². The molecule has 3 heterocycles. The standard InChI is InChI=1S/C22H16F6N6O3S/c1-10-16(34(3)31-17(10)36-22(27,28)19(23)21(24,25)26)12-7-13(37-32-12)14-6-11(15(8-29)38-14)18(35)33(2)20(9-30)4-5-20/h6-7,19H,4-5H2,1-3H3. The first-order valence-electron chi connectivity index (χ1n) is 10.7. The Morgan fingerprint density at radius 2 is 1.95 bits per heavy atom. The van der Waals surface area contributed by atoms with Gasteiger partial charge in [0.05, 0.1) is 22.2 Å². The number of aromatic nitrogens is 3. The minimum absolute atomic E-state index is 0.0107. The molecule has 38 heavy (non-hydrogen) atoms. The molecular weight excluding hydrogens is 542 g/mol. The van der Waals surface area contributed by atoms with Crippen molar-refractivity contribution in [1.82, 2.24) is 19.8 Å². The van der Waals surface area contributed by atoms with Crippen molar-refractivity contribution >= 4 is 17.2 Å². The van der Waals surface area contributed by atoms with Gasteiger partial charge in [0.1, 0.15) is 22.2 Å². The third-order valence-corrected chi connectivity index (χ3v) is 7.05. The molecule has 1 fully saturated rings. The van der Waals surface area contributed by atoms with E-state index in [1.165, 1.54) is 38.1 Å². The van der Waals surface area contributed by atoms with Gasteiger partial charge in [0.15, 0.2) is 5.76 Å². The summed E-state index contributed by atoms with van der Waals surface area (Å²) >= 11 is 0.913. The van der Waals surface area contributed by atoms with Crippen molar-refractivity contribution in [3.8, 4) is 40.0 Å². The zero-order valence-corrected chi connectivity index (χ0v) is 20.5. The quantitative estimate of drug-likeness (QED) is 0.375. The van der Waals surface area contributed by atoms with Crippen LogP contribution in [0.5, 0.6) is 5.88 Å². The second-order valence-electron chi connectivity index (χ2n) is 8.52. The largest absolute Gasteiger partial charge is 0.440 e. The lowest BCUT2D eigenvalue weighted by Crippen LogP contribution is -2.45. The van der Waals surface area contributed by atoms with Crippen LogP contribution >= 0.6 is 11.3 Å². The number of carbonyl (C=O) groups excluding carboxylic acids is 1. The minimum atomic E-state index is -5.86. The number of halogens is 6. The van der Waals surface area contributed by atoms with Crippen LogP contribution in [0, 0.1) is 29.6 Å². The molecule has 200 valence electrons. The van der Waals surface area contributed by atoms with Gasteiger partial charge in [-0.25, -0.2) is 4.39 Å². The first-order chi connectivity index (χ1) is 17.6. The number of hydrogen-bond donors (Lipinski definition) is 0. The summed E-state index contributed by atoms with van der Waals surface area (Å²) in [5.74, 6) is -1.40.